The second kappa shape index (κ2) is 6.47. The lowest BCUT2D eigenvalue weighted by Gasteiger charge is -2.20. The minimum Gasteiger partial charge on any atom is -0.409 e. The minimum atomic E-state index is -0.310. The molecule has 20 heavy (non-hydrogen) atoms. The number of nitrogens with one attached hydrogen (secondary N) is 2. The van der Waals surface area contributed by atoms with Crippen molar-refractivity contribution in [2.24, 2.45) is 16.8 Å². The summed E-state index contributed by atoms with van der Waals surface area (Å²) < 4.78 is 0. The fourth-order valence-electron chi connectivity index (χ4n) is 2.43. The Hall–Kier alpha value is -1.95. The van der Waals surface area contributed by atoms with Crippen molar-refractivity contribution in [3.8, 4) is 0 Å². The van der Waals surface area contributed by atoms with Gasteiger partial charge in [0.15, 0.2) is 0 Å². The average molecular weight is 297 g/mol. The molecule has 0 aromatic heterocycles. The molecular formula is C13H17ClN4O2. The van der Waals surface area contributed by atoms with Gasteiger partial charge >= 0.3 is 6.03 Å². The highest BCUT2D eigenvalue weighted by atomic mass is 35.5. The maximum absolute atomic E-state index is 11.9. The van der Waals surface area contributed by atoms with Gasteiger partial charge in [-0.1, -0.05) is 23.2 Å². The van der Waals surface area contributed by atoms with Gasteiger partial charge in [0.1, 0.15) is 5.84 Å². The third-order valence-corrected chi connectivity index (χ3v) is 3.68. The van der Waals surface area contributed by atoms with Gasteiger partial charge in [0.05, 0.1) is 0 Å². The molecule has 1 aliphatic carbocycles. The summed E-state index contributed by atoms with van der Waals surface area (Å²) in [6.07, 6.45) is 2.56. The summed E-state index contributed by atoms with van der Waals surface area (Å²) in [6, 6.07) is 6.42. The molecule has 2 atom stereocenters. The molecule has 1 saturated carbocycles. The molecule has 1 fully saturated rings. The van der Waals surface area contributed by atoms with Gasteiger partial charge in [-0.15, -0.1) is 0 Å². The Bertz CT molecular complexity index is 504. The van der Waals surface area contributed by atoms with E-state index >= 15 is 0 Å². The van der Waals surface area contributed by atoms with Gasteiger partial charge in [0.2, 0.25) is 0 Å². The lowest BCUT2D eigenvalue weighted by Crippen LogP contribution is -2.44. The van der Waals surface area contributed by atoms with Crippen molar-refractivity contribution in [2.75, 3.05) is 5.32 Å². The van der Waals surface area contributed by atoms with Gasteiger partial charge in [-0.2, -0.15) is 0 Å². The Kier molecular flexibility index (Phi) is 4.68. The molecule has 0 bridgehead atoms. The first-order valence-electron chi connectivity index (χ1n) is 6.40. The maximum atomic E-state index is 11.9. The van der Waals surface area contributed by atoms with Crippen LogP contribution in [0, 0.1) is 5.92 Å². The van der Waals surface area contributed by atoms with Crippen LogP contribution in [-0.4, -0.2) is 23.1 Å². The van der Waals surface area contributed by atoms with Gasteiger partial charge in [-0.25, -0.2) is 4.79 Å². The zero-order chi connectivity index (χ0) is 14.5. The standard InChI is InChI=1S/C13H17ClN4O2/c14-8-4-6-9(7-5-8)16-13(19)17-11-3-1-2-10(11)12(15)18-20/h4-7,10-11,20H,1-3H2,(H2,15,18)(H2,16,17,19). The van der Waals surface area contributed by atoms with Crippen LogP contribution in [0.3, 0.4) is 0 Å². The summed E-state index contributed by atoms with van der Waals surface area (Å²) >= 11 is 5.78. The largest absolute Gasteiger partial charge is 0.409 e. The predicted molar refractivity (Wildman–Crippen MR) is 78.1 cm³/mol. The van der Waals surface area contributed by atoms with Crippen LogP contribution < -0.4 is 16.4 Å². The van der Waals surface area contributed by atoms with E-state index in [2.05, 4.69) is 15.8 Å². The molecule has 0 aliphatic heterocycles. The van der Waals surface area contributed by atoms with Crippen LogP contribution in [0.15, 0.2) is 29.4 Å². The molecule has 5 N–H and O–H groups in total. The molecule has 1 aromatic rings. The second-order valence-electron chi connectivity index (χ2n) is 4.77. The first-order valence-corrected chi connectivity index (χ1v) is 6.78. The highest BCUT2D eigenvalue weighted by Crippen LogP contribution is 2.26. The number of amidine groups is 1. The van der Waals surface area contributed by atoms with Crippen molar-refractivity contribution >= 4 is 29.2 Å². The van der Waals surface area contributed by atoms with Crippen LogP contribution in [0.2, 0.25) is 5.02 Å². The SMILES string of the molecule is NC(=NO)C1CCCC1NC(=O)Nc1ccc(Cl)cc1. The molecule has 2 rings (SSSR count). The third kappa shape index (κ3) is 3.54. The Morgan fingerprint density at radius 1 is 1.35 bits per heavy atom. The van der Waals surface area contributed by atoms with Gasteiger partial charge in [0, 0.05) is 22.7 Å². The van der Waals surface area contributed by atoms with Gasteiger partial charge in [-0.3, -0.25) is 0 Å². The summed E-state index contributed by atoms with van der Waals surface area (Å²) in [7, 11) is 0. The Morgan fingerprint density at radius 2 is 2.05 bits per heavy atom. The Labute approximate surface area is 122 Å². The Balaban J connectivity index is 1.92. The van der Waals surface area contributed by atoms with E-state index in [9.17, 15) is 4.79 Å². The number of hydrogen-bond acceptors (Lipinski definition) is 3. The molecule has 0 saturated heterocycles. The summed E-state index contributed by atoms with van der Waals surface area (Å²) in [6.45, 7) is 0. The minimum absolute atomic E-state index is 0.113. The topological polar surface area (TPSA) is 99.7 Å². The van der Waals surface area contributed by atoms with Crippen molar-refractivity contribution < 1.29 is 10.0 Å². The van der Waals surface area contributed by atoms with Crippen LogP contribution in [-0.2, 0) is 0 Å². The number of nitrogens with zero attached hydrogens (tertiary/aromatic N) is 1. The van der Waals surface area contributed by atoms with Crippen LogP contribution >= 0.6 is 11.6 Å². The lowest BCUT2D eigenvalue weighted by molar-refractivity contribution is 0.247. The van der Waals surface area contributed by atoms with Gasteiger partial charge < -0.3 is 21.6 Å². The number of amides is 2. The zero-order valence-electron chi connectivity index (χ0n) is 10.8. The van der Waals surface area contributed by atoms with E-state index in [-0.39, 0.29) is 23.8 Å². The molecule has 0 spiro atoms. The van der Waals surface area contributed by atoms with Gasteiger partial charge in [0.25, 0.3) is 0 Å². The number of urea groups is 1. The first-order chi connectivity index (χ1) is 9.60. The molecule has 0 heterocycles. The number of anilines is 1. The van der Waals surface area contributed by atoms with E-state index in [1.165, 1.54) is 0 Å². The molecule has 7 heteroatoms. The third-order valence-electron chi connectivity index (χ3n) is 3.43. The molecule has 108 valence electrons. The number of hydrogen-bond donors (Lipinski definition) is 4. The number of nitrogens with two attached hydrogens (primary N) is 1. The smallest absolute Gasteiger partial charge is 0.319 e. The van der Waals surface area contributed by atoms with Crippen molar-refractivity contribution in [1.82, 2.24) is 5.32 Å². The number of halogens is 1. The lowest BCUT2D eigenvalue weighted by atomic mass is 10.0. The highest BCUT2D eigenvalue weighted by molar-refractivity contribution is 6.30. The van der Waals surface area contributed by atoms with Crippen molar-refractivity contribution in [1.29, 1.82) is 0 Å². The van der Waals surface area contributed by atoms with E-state index in [4.69, 9.17) is 22.5 Å². The van der Waals surface area contributed by atoms with Crippen LogP contribution in [0.5, 0.6) is 0 Å². The van der Waals surface area contributed by atoms with Crippen LogP contribution in [0.1, 0.15) is 19.3 Å². The Morgan fingerprint density at radius 3 is 2.70 bits per heavy atom. The van der Waals surface area contributed by atoms with Crippen molar-refractivity contribution in [3.63, 3.8) is 0 Å². The average Bonchev–Trinajstić information content (AvgIpc) is 2.88. The maximum Gasteiger partial charge on any atom is 0.319 e. The van der Waals surface area contributed by atoms with Crippen molar-refractivity contribution in [2.45, 2.75) is 25.3 Å². The summed E-state index contributed by atoms with van der Waals surface area (Å²) in [5, 5.41) is 17.9. The molecule has 0 radical (unpaired) electrons. The predicted octanol–water partition coefficient (Wildman–Crippen LogP) is 2.38. The summed E-state index contributed by atoms with van der Waals surface area (Å²) in [5.41, 5.74) is 6.28. The quantitative estimate of drug-likeness (QED) is 0.298. The second-order valence-corrected chi connectivity index (χ2v) is 5.21. The molecule has 1 aromatic carbocycles. The van der Waals surface area contributed by atoms with E-state index in [1.54, 1.807) is 24.3 Å². The normalized spacial score (nSPS) is 22.6. The molecular weight excluding hydrogens is 280 g/mol. The van der Waals surface area contributed by atoms with Gasteiger partial charge in [-0.05, 0) is 37.1 Å². The van der Waals surface area contributed by atoms with E-state index < -0.39 is 0 Å². The van der Waals surface area contributed by atoms with E-state index in [0.717, 1.165) is 19.3 Å². The highest BCUT2D eigenvalue weighted by Gasteiger charge is 2.31. The first kappa shape index (κ1) is 14.5. The molecule has 2 unspecified atom stereocenters. The number of oxime groups is 1. The molecule has 1 aliphatic rings. The summed E-state index contributed by atoms with van der Waals surface area (Å²) in [5.74, 6) is 0.0512. The van der Waals surface area contributed by atoms with Crippen LogP contribution in [0.25, 0.3) is 0 Å². The number of carbonyl (C=O) groups excluding carboxylic acids is 1. The number of rotatable bonds is 3. The molecule has 6 nitrogen and oxygen atoms in total. The monoisotopic (exact) mass is 296 g/mol. The fraction of sp³-hybridized carbons (Fsp3) is 0.385. The van der Waals surface area contributed by atoms with E-state index in [0.29, 0.717) is 10.7 Å². The molecule has 2 amide bonds. The van der Waals surface area contributed by atoms with E-state index in [1.807, 2.05) is 0 Å². The fourth-order valence-corrected chi connectivity index (χ4v) is 2.56. The van der Waals surface area contributed by atoms with Crippen LogP contribution in [0.4, 0.5) is 10.5 Å². The van der Waals surface area contributed by atoms with Crippen molar-refractivity contribution in [3.05, 3.63) is 29.3 Å². The summed E-state index contributed by atoms with van der Waals surface area (Å²) in [4.78, 5) is 11.9. The number of benzene rings is 1. The number of carbonyl (C=O) groups is 1. The zero-order valence-corrected chi connectivity index (χ0v) is 11.6.